The molecular weight excluding hydrogens is 301 g/mol. The highest BCUT2D eigenvalue weighted by molar-refractivity contribution is 6.35. The van der Waals surface area contributed by atoms with E-state index >= 15 is 0 Å². The van der Waals surface area contributed by atoms with Crippen LogP contribution in [0.3, 0.4) is 0 Å². The van der Waals surface area contributed by atoms with E-state index in [2.05, 4.69) is 10.6 Å². The fourth-order valence-electron chi connectivity index (χ4n) is 1.73. The lowest BCUT2D eigenvalue weighted by Gasteiger charge is -2.09. The van der Waals surface area contributed by atoms with E-state index in [1.165, 1.54) is 12.1 Å². The SMILES string of the molecule is CNc1cc(Nc2cc(Cl)cc(Cl)c2)cc([N+](=O)[O-])c1. The predicted octanol–water partition coefficient (Wildman–Crippen LogP) is 4.69. The van der Waals surface area contributed by atoms with Crippen LogP contribution in [0.25, 0.3) is 0 Å². The molecule has 0 spiro atoms. The molecule has 2 rings (SSSR count). The maximum absolute atomic E-state index is 10.9. The first-order valence-corrected chi connectivity index (χ1v) is 6.44. The Morgan fingerprint density at radius 1 is 0.950 bits per heavy atom. The van der Waals surface area contributed by atoms with Crippen molar-refractivity contribution in [2.45, 2.75) is 0 Å². The summed E-state index contributed by atoms with van der Waals surface area (Å²) in [5.41, 5.74) is 1.86. The fraction of sp³-hybridized carbons (Fsp3) is 0.0769. The van der Waals surface area contributed by atoms with Gasteiger partial charge in [0.15, 0.2) is 0 Å². The standard InChI is InChI=1S/C13H11Cl2N3O2/c1-16-10-5-12(7-13(6-10)18(19)20)17-11-3-8(14)2-9(15)4-11/h2-7,16-17H,1H3. The number of hydrogen-bond donors (Lipinski definition) is 2. The number of nitrogens with one attached hydrogen (secondary N) is 2. The lowest BCUT2D eigenvalue weighted by molar-refractivity contribution is -0.384. The van der Waals surface area contributed by atoms with Gasteiger partial charge in [-0.25, -0.2) is 0 Å². The number of non-ortho nitro benzene ring substituents is 1. The Bertz CT molecular complexity index is 642. The number of anilines is 3. The van der Waals surface area contributed by atoms with Crippen LogP contribution < -0.4 is 10.6 Å². The maximum atomic E-state index is 10.9. The van der Waals surface area contributed by atoms with Crippen molar-refractivity contribution in [1.29, 1.82) is 0 Å². The lowest BCUT2D eigenvalue weighted by atomic mass is 10.2. The van der Waals surface area contributed by atoms with Crippen molar-refractivity contribution in [3.05, 3.63) is 56.6 Å². The van der Waals surface area contributed by atoms with Gasteiger partial charge in [0.2, 0.25) is 0 Å². The first-order chi connectivity index (χ1) is 9.47. The molecule has 0 saturated carbocycles. The second kappa shape index (κ2) is 5.98. The highest BCUT2D eigenvalue weighted by atomic mass is 35.5. The number of hydrogen-bond acceptors (Lipinski definition) is 4. The molecule has 2 aromatic rings. The summed E-state index contributed by atoms with van der Waals surface area (Å²) in [6.45, 7) is 0. The Balaban J connectivity index is 2.37. The number of rotatable bonds is 4. The highest BCUT2D eigenvalue weighted by Gasteiger charge is 2.09. The van der Waals surface area contributed by atoms with Crippen molar-refractivity contribution >= 4 is 46.0 Å². The minimum absolute atomic E-state index is 0.00697. The van der Waals surface area contributed by atoms with Crippen molar-refractivity contribution in [2.24, 2.45) is 0 Å². The number of halogens is 2. The molecule has 0 bridgehead atoms. The summed E-state index contributed by atoms with van der Waals surface area (Å²) in [5.74, 6) is 0. The summed E-state index contributed by atoms with van der Waals surface area (Å²) in [6.07, 6.45) is 0. The van der Waals surface area contributed by atoms with Gasteiger partial charge in [-0.15, -0.1) is 0 Å². The number of nitro groups is 1. The zero-order chi connectivity index (χ0) is 14.7. The van der Waals surface area contributed by atoms with E-state index in [1.54, 1.807) is 31.3 Å². The van der Waals surface area contributed by atoms with Gasteiger partial charge in [0, 0.05) is 46.3 Å². The molecule has 104 valence electrons. The topological polar surface area (TPSA) is 67.2 Å². The van der Waals surface area contributed by atoms with Crippen LogP contribution in [0, 0.1) is 10.1 Å². The molecule has 0 aromatic heterocycles. The monoisotopic (exact) mass is 311 g/mol. The molecule has 5 nitrogen and oxygen atoms in total. The molecule has 0 amide bonds. The van der Waals surface area contributed by atoms with Crippen molar-refractivity contribution in [3.63, 3.8) is 0 Å². The molecule has 0 atom stereocenters. The minimum Gasteiger partial charge on any atom is -0.388 e. The molecule has 0 fully saturated rings. The van der Waals surface area contributed by atoms with Gasteiger partial charge < -0.3 is 10.6 Å². The smallest absolute Gasteiger partial charge is 0.273 e. The Morgan fingerprint density at radius 2 is 1.50 bits per heavy atom. The molecule has 0 aliphatic rings. The molecule has 2 aromatic carbocycles. The van der Waals surface area contributed by atoms with Gasteiger partial charge in [0.1, 0.15) is 0 Å². The average molecular weight is 312 g/mol. The summed E-state index contributed by atoms with van der Waals surface area (Å²) in [6, 6.07) is 9.63. The van der Waals surface area contributed by atoms with E-state index in [0.29, 0.717) is 27.1 Å². The molecule has 0 radical (unpaired) electrons. The van der Waals surface area contributed by atoms with Gasteiger partial charge in [-0.2, -0.15) is 0 Å². The van der Waals surface area contributed by atoms with Gasteiger partial charge in [0.05, 0.1) is 4.92 Å². The average Bonchev–Trinajstić information content (AvgIpc) is 2.36. The Kier molecular flexibility index (Phi) is 4.32. The summed E-state index contributed by atoms with van der Waals surface area (Å²) >= 11 is 11.8. The molecule has 0 saturated heterocycles. The lowest BCUT2D eigenvalue weighted by Crippen LogP contribution is -1.96. The van der Waals surface area contributed by atoms with Crippen molar-refractivity contribution in [1.82, 2.24) is 0 Å². The normalized spacial score (nSPS) is 10.2. The van der Waals surface area contributed by atoms with Gasteiger partial charge in [-0.3, -0.25) is 10.1 Å². The highest BCUT2D eigenvalue weighted by Crippen LogP contribution is 2.29. The summed E-state index contributed by atoms with van der Waals surface area (Å²) < 4.78 is 0. The number of benzene rings is 2. The van der Waals surface area contributed by atoms with Gasteiger partial charge in [-0.05, 0) is 24.3 Å². The van der Waals surface area contributed by atoms with E-state index in [0.717, 1.165) is 0 Å². The third-order valence-corrected chi connectivity index (χ3v) is 3.00. The number of nitrogens with zero attached hydrogens (tertiary/aromatic N) is 1. The van der Waals surface area contributed by atoms with Crippen molar-refractivity contribution < 1.29 is 4.92 Å². The molecule has 7 heteroatoms. The van der Waals surface area contributed by atoms with Gasteiger partial charge >= 0.3 is 0 Å². The summed E-state index contributed by atoms with van der Waals surface area (Å²) in [7, 11) is 1.69. The van der Waals surface area contributed by atoms with Crippen LogP contribution in [0.2, 0.25) is 10.0 Å². The van der Waals surface area contributed by atoms with Crippen LogP contribution in [0.1, 0.15) is 0 Å². The Hall–Kier alpha value is -1.98. The molecule has 0 aliphatic carbocycles. The second-order valence-electron chi connectivity index (χ2n) is 4.06. The van der Waals surface area contributed by atoms with Crippen LogP contribution in [0.15, 0.2) is 36.4 Å². The summed E-state index contributed by atoms with van der Waals surface area (Å²) in [4.78, 5) is 10.4. The largest absolute Gasteiger partial charge is 0.388 e. The van der Waals surface area contributed by atoms with E-state index in [4.69, 9.17) is 23.2 Å². The maximum Gasteiger partial charge on any atom is 0.273 e. The Morgan fingerprint density at radius 3 is 2.05 bits per heavy atom. The number of nitro benzene ring substituents is 1. The predicted molar refractivity (Wildman–Crippen MR) is 82.4 cm³/mol. The minimum atomic E-state index is -0.447. The van der Waals surface area contributed by atoms with E-state index < -0.39 is 4.92 Å². The second-order valence-corrected chi connectivity index (χ2v) is 4.93. The fourth-order valence-corrected chi connectivity index (χ4v) is 2.25. The van der Waals surface area contributed by atoms with Crippen LogP contribution in [-0.2, 0) is 0 Å². The van der Waals surface area contributed by atoms with Crippen molar-refractivity contribution in [3.8, 4) is 0 Å². The van der Waals surface area contributed by atoms with E-state index in [9.17, 15) is 10.1 Å². The quantitative estimate of drug-likeness (QED) is 0.635. The first kappa shape index (κ1) is 14.4. The van der Waals surface area contributed by atoms with Crippen LogP contribution in [0.4, 0.5) is 22.7 Å². The molecular formula is C13H11Cl2N3O2. The summed E-state index contributed by atoms with van der Waals surface area (Å²) in [5, 5.41) is 17.8. The third kappa shape index (κ3) is 3.53. The van der Waals surface area contributed by atoms with Crippen LogP contribution in [-0.4, -0.2) is 12.0 Å². The van der Waals surface area contributed by atoms with Gasteiger partial charge in [0.25, 0.3) is 5.69 Å². The first-order valence-electron chi connectivity index (χ1n) is 5.68. The third-order valence-electron chi connectivity index (χ3n) is 2.57. The Labute approximate surface area is 125 Å². The van der Waals surface area contributed by atoms with Crippen LogP contribution >= 0.6 is 23.2 Å². The van der Waals surface area contributed by atoms with E-state index in [-0.39, 0.29) is 5.69 Å². The van der Waals surface area contributed by atoms with Gasteiger partial charge in [-0.1, -0.05) is 23.2 Å². The molecule has 20 heavy (non-hydrogen) atoms. The zero-order valence-corrected chi connectivity index (χ0v) is 12.0. The molecule has 0 aliphatic heterocycles. The van der Waals surface area contributed by atoms with Crippen molar-refractivity contribution in [2.75, 3.05) is 17.7 Å². The van der Waals surface area contributed by atoms with Crippen LogP contribution in [0.5, 0.6) is 0 Å². The van der Waals surface area contributed by atoms with E-state index in [1.807, 2.05) is 0 Å². The molecule has 2 N–H and O–H groups in total. The molecule has 0 heterocycles. The molecule has 0 unspecified atom stereocenters. The zero-order valence-electron chi connectivity index (χ0n) is 10.5.